The molecular weight excluding hydrogens is 296 g/mol. The van der Waals surface area contributed by atoms with Crippen LogP contribution < -0.4 is 5.32 Å². The molecule has 3 rings (SSSR count). The van der Waals surface area contributed by atoms with Crippen molar-refractivity contribution in [3.63, 3.8) is 0 Å². The molecule has 1 aromatic carbocycles. The predicted octanol–water partition coefficient (Wildman–Crippen LogP) is 1.96. The van der Waals surface area contributed by atoms with Gasteiger partial charge in [-0.25, -0.2) is 4.79 Å². The highest BCUT2D eigenvalue weighted by Gasteiger charge is 2.29. The Balaban J connectivity index is 1.66. The van der Waals surface area contributed by atoms with Gasteiger partial charge in [0, 0.05) is 12.1 Å². The van der Waals surface area contributed by atoms with E-state index < -0.39 is 0 Å². The number of likely N-dealkylation sites (tertiary alicyclic amines) is 1. The molecule has 1 saturated heterocycles. The summed E-state index contributed by atoms with van der Waals surface area (Å²) in [6, 6.07) is 8.79. The second-order valence-electron chi connectivity index (χ2n) is 5.67. The third-order valence-corrected chi connectivity index (χ3v) is 4.04. The normalized spacial score (nSPS) is 18.9. The van der Waals surface area contributed by atoms with Gasteiger partial charge in [-0.05, 0) is 31.9 Å². The van der Waals surface area contributed by atoms with E-state index in [1.165, 1.54) is 0 Å². The molecule has 1 fully saturated rings. The van der Waals surface area contributed by atoms with Crippen LogP contribution in [-0.2, 0) is 0 Å². The summed E-state index contributed by atoms with van der Waals surface area (Å²) >= 11 is 0. The molecule has 23 heavy (non-hydrogen) atoms. The number of carbonyl (C=O) groups is 1. The quantitative estimate of drug-likeness (QED) is 0.899. The smallest absolute Gasteiger partial charge is 0.318 e. The number of nitrogens with one attached hydrogen (secondary N) is 1. The van der Waals surface area contributed by atoms with Gasteiger partial charge < -0.3 is 19.8 Å². The van der Waals surface area contributed by atoms with Crippen LogP contribution in [0.25, 0.3) is 11.5 Å². The Morgan fingerprint density at radius 3 is 3.00 bits per heavy atom. The molecule has 1 aliphatic rings. The zero-order chi connectivity index (χ0) is 16.2. The lowest BCUT2D eigenvalue weighted by Gasteiger charge is -2.24. The van der Waals surface area contributed by atoms with Crippen LogP contribution in [0.15, 0.2) is 34.9 Å². The van der Waals surface area contributed by atoms with E-state index in [0.717, 1.165) is 18.4 Å². The zero-order valence-corrected chi connectivity index (χ0v) is 13.0. The molecule has 2 N–H and O–H groups in total. The van der Waals surface area contributed by atoms with E-state index in [9.17, 15) is 9.90 Å². The van der Waals surface area contributed by atoms with Gasteiger partial charge in [-0.1, -0.05) is 23.4 Å². The molecule has 2 aromatic rings. The monoisotopic (exact) mass is 316 g/mol. The van der Waals surface area contributed by atoms with E-state index in [1.807, 2.05) is 37.3 Å². The minimum Gasteiger partial charge on any atom is -0.394 e. The van der Waals surface area contributed by atoms with Gasteiger partial charge in [0.2, 0.25) is 0 Å². The van der Waals surface area contributed by atoms with Crippen molar-refractivity contribution in [2.45, 2.75) is 31.8 Å². The number of aliphatic hydroxyl groups is 1. The summed E-state index contributed by atoms with van der Waals surface area (Å²) in [4.78, 5) is 18.3. The topological polar surface area (TPSA) is 91.5 Å². The van der Waals surface area contributed by atoms with Crippen LogP contribution in [0.2, 0.25) is 0 Å². The van der Waals surface area contributed by atoms with Gasteiger partial charge in [-0.3, -0.25) is 0 Å². The van der Waals surface area contributed by atoms with Crippen molar-refractivity contribution in [3.8, 4) is 11.5 Å². The van der Waals surface area contributed by atoms with E-state index in [2.05, 4.69) is 15.5 Å². The molecule has 2 heterocycles. The molecular formula is C16H20N4O3. The van der Waals surface area contributed by atoms with Gasteiger partial charge in [-0.15, -0.1) is 0 Å². The largest absolute Gasteiger partial charge is 0.394 e. The Morgan fingerprint density at radius 1 is 1.48 bits per heavy atom. The summed E-state index contributed by atoms with van der Waals surface area (Å²) in [5.41, 5.74) is 0.838. The molecule has 1 aliphatic heterocycles. The summed E-state index contributed by atoms with van der Waals surface area (Å²) < 4.78 is 5.26. The maximum Gasteiger partial charge on any atom is 0.318 e. The molecule has 122 valence electrons. The summed E-state index contributed by atoms with van der Waals surface area (Å²) in [6.45, 7) is 2.45. The van der Waals surface area contributed by atoms with Crippen LogP contribution >= 0.6 is 0 Å². The van der Waals surface area contributed by atoms with Crippen LogP contribution in [0.5, 0.6) is 0 Å². The van der Waals surface area contributed by atoms with E-state index in [0.29, 0.717) is 18.3 Å². The average molecular weight is 316 g/mol. The molecule has 7 nitrogen and oxygen atoms in total. The number of hydrogen-bond donors (Lipinski definition) is 2. The first-order valence-electron chi connectivity index (χ1n) is 7.76. The van der Waals surface area contributed by atoms with Gasteiger partial charge in [0.1, 0.15) is 0 Å². The minimum absolute atomic E-state index is 0.0117. The van der Waals surface area contributed by atoms with Gasteiger partial charge in [0.15, 0.2) is 5.82 Å². The third kappa shape index (κ3) is 3.34. The maximum atomic E-state index is 12.3. The standard InChI is InChI=1S/C16H20N4O3/c1-11(17-16(22)20-9-5-8-13(20)10-21)14-18-15(23-19-14)12-6-3-2-4-7-12/h2-4,6-7,11,13,21H,5,8-10H2,1H3,(H,17,22). The van der Waals surface area contributed by atoms with Crippen LogP contribution in [-0.4, -0.2) is 45.4 Å². The fraction of sp³-hybridized carbons (Fsp3) is 0.438. The summed E-state index contributed by atoms with van der Waals surface area (Å²) in [5, 5.41) is 16.1. The zero-order valence-electron chi connectivity index (χ0n) is 13.0. The van der Waals surface area contributed by atoms with Crippen molar-refractivity contribution < 1.29 is 14.4 Å². The van der Waals surface area contributed by atoms with Gasteiger partial charge in [0.05, 0.1) is 18.7 Å². The Labute approximate surface area is 134 Å². The van der Waals surface area contributed by atoms with Gasteiger partial charge in [0.25, 0.3) is 5.89 Å². The highest BCUT2D eigenvalue weighted by molar-refractivity contribution is 5.75. The highest BCUT2D eigenvalue weighted by atomic mass is 16.5. The number of benzene rings is 1. The number of hydrogen-bond acceptors (Lipinski definition) is 5. The first-order valence-corrected chi connectivity index (χ1v) is 7.76. The minimum atomic E-state index is -0.372. The summed E-state index contributed by atoms with van der Waals surface area (Å²) in [7, 11) is 0. The number of aromatic nitrogens is 2. The molecule has 0 radical (unpaired) electrons. The molecule has 7 heteroatoms. The summed E-state index contributed by atoms with van der Waals surface area (Å²) in [6.07, 6.45) is 1.74. The molecule has 2 atom stereocenters. The molecule has 0 bridgehead atoms. The number of rotatable bonds is 4. The lowest BCUT2D eigenvalue weighted by Crippen LogP contribution is -2.45. The number of urea groups is 1. The number of carbonyl (C=O) groups excluding carboxylic acids is 1. The van der Waals surface area contributed by atoms with Crippen LogP contribution in [0.3, 0.4) is 0 Å². The first kappa shape index (κ1) is 15.5. The van der Waals surface area contributed by atoms with Crippen molar-refractivity contribution in [2.75, 3.05) is 13.2 Å². The molecule has 0 spiro atoms. The summed E-state index contributed by atoms with van der Waals surface area (Å²) in [5.74, 6) is 0.855. The second kappa shape index (κ2) is 6.78. The Hall–Kier alpha value is -2.41. The average Bonchev–Trinajstić information content (AvgIpc) is 3.24. The van der Waals surface area contributed by atoms with E-state index in [4.69, 9.17) is 4.52 Å². The Kier molecular flexibility index (Phi) is 4.57. The van der Waals surface area contributed by atoms with Crippen molar-refractivity contribution in [2.24, 2.45) is 0 Å². The number of aliphatic hydroxyl groups excluding tert-OH is 1. The molecule has 0 saturated carbocycles. The molecule has 1 aromatic heterocycles. The molecule has 2 unspecified atom stereocenters. The van der Waals surface area contributed by atoms with E-state index in [1.54, 1.807) is 4.90 Å². The fourth-order valence-electron chi connectivity index (χ4n) is 2.73. The van der Waals surface area contributed by atoms with E-state index in [-0.39, 0.29) is 24.7 Å². The Bertz CT molecular complexity index is 658. The van der Waals surface area contributed by atoms with Crippen molar-refractivity contribution >= 4 is 6.03 Å². The second-order valence-corrected chi connectivity index (χ2v) is 5.67. The van der Waals surface area contributed by atoms with Crippen molar-refractivity contribution in [3.05, 3.63) is 36.2 Å². The first-order chi connectivity index (χ1) is 11.2. The van der Waals surface area contributed by atoms with Crippen LogP contribution in [0, 0.1) is 0 Å². The maximum absolute atomic E-state index is 12.3. The van der Waals surface area contributed by atoms with Gasteiger partial charge in [-0.2, -0.15) is 4.98 Å². The van der Waals surface area contributed by atoms with Crippen LogP contribution in [0.4, 0.5) is 4.79 Å². The lowest BCUT2D eigenvalue weighted by atomic mass is 10.2. The fourth-order valence-corrected chi connectivity index (χ4v) is 2.73. The number of nitrogens with zero attached hydrogens (tertiary/aromatic N) is 3. The SMILES string of the molecule is CC(NC(=O)N1CCCC1CO)c1noc(-c2ccccc2)n1. The molecule has 2 amide bonds. The van der Waals surface area contributed by atoms with Crippen LogP contribution in [0.1, 0.15) is 31.6 Å². The lowest BCUT2D eigenvalue weighted by molar-refractivity contribution is 0.154. The predicted molar refractivity (Wildman–Crippen MR) is 83.5 cm³/mol. The van der Waals surface area contributed by atoms with Crippen molar-refractivity contribution in [1.82, 2.24) is 20.4 Å². The Morgan fingerprint density at radius 2 is 2.26 bits per heavy atom. The highest BCUT2D eigenvalue weighted by Crippen LogP contribution is 2.20. The molecule has 0 aliphatic carbocycles. The third-order valence-electron chi connectivity index (χ3n) is 4.04. The van der Waals surface area contributed by atoms with E-state index >= 15 is 0 Å². The van der Waals surface area contributed by atoms with Gasteiger partial charge >= 0.3 is 6.03 Å². The number of amides is 2. The van der Waals surface area contributed by atoms with Crippen molar-refractivity contribution in [1.29, 1.82) is 0 Å².